The van der Waals surface area contributed by atoms with Crippen LogP contribution >= 0.6 is 0 Å². The van der Waals surface area contributed by atoms with E-state index in [9.17, 15) is 28.8 Å². The molecule has 16 nitrogen and oxygen atoms in total. The van der Waals surface area contributed by atoms with Crippen molar-refractivity contribution in [2.45, 2.75) is 365 Å². The van der Waals surface area contributed by atoms with Crippen molar-refractivity contribution in [2.75, 3.05) is 19.6 Å². The van der Waals surface area contributed by atoms with Gasteiger partial charge in [-0.15, -0.1) is 0 Å². The Kier molecular flexibility index (Phi) is 54.7. The van der Waals surface area contributed by atoms with Crippen LogP contribution in [0.2, 0.25) is 0 Å². The normalized spacial score (nSPS) is 13.7. The first kappa shape index (κ1) is 78.8. The number of unbranched alkanes of at least 4 members (excludes halogenated alkanes) is 36. The number of hydrogen-bond donors (Lipinski definition) is 9. The highest BCUT2D eigenvalue weighted by Gasteiger charge is 2.40. The Balaban J connectivity index is 6.73. The molecular weight excluding hydrogens is 1030 g/mol. The number of imide groups is 1. The fourth-order valence-electron chi connectivity index (χ4n) is 11.1. The van der Waals surface area contributed by atoms with Crippen LogP contribution in [0.3, 0.4) is 0 Å². The van der Waals surface area contributed by atoms with E-state index in [1.54, 1.807) is 0 Å². The van der Waals surface area contributed by atoms with Crippen LogP contribution in [-0.4, -0.2) is 96.2 Å². The maximum Gasteiger partial charge on any atom is 0.246 e. The van der Waals surface area contributed by atoms with Gasteiger partial charge in [-0.2, -0.15) is 0 Å². The molecule has 0 aromatic heterocycles. The van der Waals surface area contributed by atoms with Gasteiger partial charge in [-0.1, -0.05) is 265 Å². The van der Waals surface area contributed by atoms with Crippen molar-refractivity contribution in [3.05, 3.63) is 0 Å². The summed E-state index contributed by atoms with van der Waals surface area (Å²) in [5.74, 6) is -3.75. The Hall–Kier alpha value is -3.18. The minimum atomic E-state index is -1.33. The van der Waals surface area contributed by atoms with Crippen molar-refractivity contribution in [1.82, 2.24) is 20.9 Å². The van der Waals surface area contributed by atoms with E-state index in [1.165, 1.54) is 141 Å². The van der Waals surface area contributed by atoms with Crippen LogP contribution in [0.1, 0.15) is 329 Å². The largest absolute Gasteiger partial charge is 0.368 e. The Morgan fingerprint density at radius 2 is 0.537 bits per heavy atom. The number of carbonyl (C=O) groups excluding carboxylic acids is 6. The second kappa shape index (κ2) is 56.9. The van der Waals surface area contributed by atoms with Crippen LogP contribution in [0.15, 0.2) is 0 Å². The predicted molar refractivity (Wildman–Crippen MR) is 342 cm³/mol. The van der Waals surface area contributed by atoms with Crippen LogP contribution in [0, 0.1) is 0 Å². The van der Waals surface area contributed by atoms with Crippen molar-refractivity contribution in [1.29, 1.82) is 0 Å². The smallest absolute Gasteiger partial charge is 0.246 e. The van der Waals surface area contributed by atoms with Gasteiger partial charge in [0, 0.05) is 0 Å². The molecular formula is C66H132N10O6. The highest BCUT2D eigenvalue weighted by atomic mass is 16.2. The average molecular weight is 1160 g/mol. The molecule has 0 bridgehead atoms. The van der Waals surface area contributed by atoms with Crippen LogP contribution in [0.4, 0.5) is 0 Å². The van der Waals surface area contributed by atoms with Crippen molar-refractivity contribution in [2.24, 2.45) is 34.4 Å². The van der Waals surface area contributed by atoms with Crippen molar-refractivity contribution >= 4 is 35.4 Å². The first-order valence-electron chi connectivity index (χ1n) is 34.5. The molecule has 6 amide bonds. The van der Waals surface area contributed by atoms with Gasteiger partial charge in [-0.05, 0) is 83.8 Å². The van der Waals surface area contributed by atoms with Crippen molar-refractivity contribution in [3.8, 4) is 0 Å². The predicted octanol–water partition coefficient (Wildman–Crippen LogP) is 12.0. The zero-order chi connectivity index (χ0) is 60.7. The van der Waals surface area contributed by atoms with Gasteiger partial charge in [0.1, 0.15) is 24.2 Å². The van der Waals surface area contributed by atoms with E-state index >= 15 is 0 Å². The second-order valence-electron chi connectivity index (χ2n) is 24.2. The lowest BCUT2D eigenvalue weighted by Gasteiger charge is -2.34. The molecule has 0 aromatic rings. The maximum absolute atomic E-state index is 15.0. The minimum absolute atomic E-state index is 0.0795. The lowest BCUT2D eigenvalue weighted by atomic mass is 9.99. The number of nitrogens with two attached hydrogens (primary N) is 6. The number of rotatable bonds is 61. The second-order valence-corrected chi connectivity index (χ2v) is 24.2. The monoisotopic (exact) mass is 1160 g/mol. The van der Waals surface area contributed by atoms with E-state index in [0.717, 1.165) is 81.9 Å². The van der Waals surface area contributed by atoms with Crippen LogP contribution in [-0.2, 0) is 28.8 Å². The molecule has 0 aromatic carbocycles. The summed E-state index contributed by atoms with van der Waals surface area (Å²) in [6, 6.07) is -6.53. The molecule has 0 aliphatic carbocycles. The number of nitrogens with one attached hydrogen (secondary N) is 3. The summed E-state index contributed by atoms with van der Waals surface area (Å²) >= 11 is 0. The molecule has 6 unspecified atom stereocenters. The summed E-state index contributed by atoms with van der Waals surface area (Å²) in [4.78, 5) is 87.0. The van der Waals surface area contributed by atoms with Crippen LogP contribution in [0.5, 0.6) is 0 Å². The van der Waals surface area contributed by atoms with Gasteiger partial charge in [0.15, 0.2) is 0 Å². The lowest BCUT2D eigenvalue weighted by Crippen LogP contribution is -2.62. The van der Waals surface area contributed by atoms with Gasteiger partial charge in [0.25, 0.3) is 0 Å². The number of nitrogens with zero attached hydrogens (tertiary/aromatic N) is 1. The molecule has 0 saturated carbocycles. The summed E-state index contributed by atoms with van der Waals surface area (Å²) < 4.78 is 0. The number of primary amides is 1. The SMILES string of the molecule is CCCCCCCCCCCCCCC(NC(=O)C(CCCCCCCCCCCCCC)NC(=O)C(CCCCCCCCCCCCCC)NC(=O)C(CCCCN)N(C(=O)C(N)CCCCN)C(=O)C(N)CCCCN)C(N)=O. The summed E-state index contributed by atoms with van der Waals surface area (Å²) in [5.41, 5.74) is 36.4. The van der Waals surface area contributed by atoms with Crippen LogP contribution in [0.25, 0.3) is 0 Å². The third-order valence-corrected chi connectivity index (χ3v) is 16.6. The first-order chi connectivity index (χ1) is 39.8. The van der Waals surface area contributed by atoms with Crippen molar-refractivity contribution in [3.63, 3.8) is 0 Å². The molecule has 0 radical (unpaired) electrons. The quantitative estimate of drug-likeness (QED) is 0.0258. The summed E-state index contributed by atoms with van der Waals surface area (Å²) in [5, 5.41) is 8.95. The van der Waals surface area contributed by atoms with Gasteiger partial charge in [0.05, 0.1) is 12.1 Å². The highest BCUT2D eigenvalue weighted by Crippen LogP contribution is 2.20. The van der Waals surface area contributed by atoms with Gasteiger partial charge < -0.3 is 50.4 Å². The Labute approximate surface area is 502 Å². The van der Waals surface area contributed by atoms with Crippen molar-refractivity contribution < 1.29 is 28.8 Å². The molecule has 0 spiro atoms. The third-order valence-electron chi connectivity index (χ3n) is 16.6. The fourth-order valence-corrected chi connectivity index (χ4v) is 11.1. The van der Waals surface area contributed by atoms with E-state index in [0.29, 0.717) is 83.8 Å². The van der Waals surface area contributed by atoms with Gasteiger partial charge in [0.2, 0.25) is 35.4 Å². The third kappa shape index (κ3) is 42.6. The molecule has 16 heteroatoms. The molecule has 82 heavy (non-hydrogen) atoms. The Bertz CT molecular complexity index is 1530. The minimum Gasteiger partial charge on any atom is -0.368 e. The molecule has 0 rings (SSSR count). The molecule has 0 fully saturated rings. The van der Waals surface area contributed by atoms with Crippen LogP contribution < -0.4 is 50.4 Å². The Morgan fingerprint density at radius 3 is 0.817 bits per heavy atom. The van der Waals surface area contributed by atoms with E-state index < -0.39 is 71.7 Å². The van der Waals surface area contributed by atoms with Gasteiger partial charge in [-0.3, -0.25) is 33.7 Å². The summed E-state index contributed by atoms with van der Waals surface area (Å²) in [6.45, 7) is 7.87. The summed E-state index contributed by atoms with van der Waals surface area (Å²) in [7, 11) is 0. The molecule has 6 atom stereocenters. The molecule has 0 heterocycles. The van der Waals surface area contributed by atoms with Gasteiger partial charge >= 0.3 is 0 Å². The van der Waals surface area contributed by atoms with E-state index in [-0.39, 0.29) is 25.7 Å². The highest BCUT2D eigenvalue weighted by molar-refractivity contribution is 6.04. The first-order valence-corrected chi connectivity index (χ1v) is 34.5. The molecule has 0 aliphatic heterocycles. The molecule has 0 aliphatic rings. The molecule has 0 saturated heterocycles. The standard InChI is InChI=1S/C66H132N10O6/c1-4-7-10-13-16-19-22-25-28-31-34-37-48-57(61(72)77)73-62(78)58(49-38-35-32-29-26-23-20-17-14-11-8-5-2)74-63(79)59(50-39-36-33-30-27-24-21-18-15-12-9-6-3)75-64(80)60(51-42-45-54-69)76(65(81)55(70)46-40-43-52-67)66(82)56(71)47-41-44-53-68/h55-60H,4-54,67-71H2,1-3H3,(H2,72,77)(H,73,78)(H,74,79)(H,75,80). The number of carbonyl (C=O) groups is 6. The van der Waals surface area contributed by atoms with E-state index in [1.807, 2.05) is 0 Å². The summed E-state index contributed by atoms with van der Waals surface area (Å²) in [6.07, 6.45) is 46.1. The number of hydrogen-bond acceptors (Lipinski definition) is 11. The van der Waals surface area contributed by atoms with E-state index in [4.69, 9.17) is 34.4 Å². The lowest BCUT2D eigenvalue weighted by molar-refractivity contribution is -0.154. The zero-order valence-electron chi connectivity index (χ0n) is 53.4. The Morgan fingerprint density at radius 1 is 0.305 bits per heavy atom. The topological polar surface area (TPSA) is 298 Å². The molecule has 482 valence electrons. The molecule has 15 N–H and O–H groups in total. The average Bonchev–Trinajstić information content (AvgIpc) is 3.60. The van der Waals surface area contributed by atoms with Gasteiger partial charge in [-0.25, -0.2) is 0 Å². The maximum atomic E-state index is 15.0. The zero-order valence-corrected chi connectivity index (χ0v) is 53.4. The number of amides is 6. The fraction of sp³-hybridized carbons (Fsp3) is 0.909. The van der Waals surface area contributed by atoms with E-state index in [2.05, 4.69) is 36.7 Å².